The third-order valence-corrected chi connectivity index (χ3v) is 3.51. The lowest BCUT2D eigenvalue weighted by atomic mass is 9.90. The highest BCUT2D eigenvalue weighted by Crippen LogP contribution is 2.39. The molecule has 0 bridgehead atoms. The second-order valence-corrected chi connectivity index (χ2v) is 6.10. The highest BCUT2D eigenvalue weighted by atomic mass is 32.2. The number of rotatable bonds is 5. The van der Waals surface area contributed by atoms with Gasteiger partial charge < -0.3 is 4.74 Å². The molecule has 1 atom stereocenters. The summed E-state index contributed by atoms with van der Waals surface area (Å²) in [5.74, 6) is -1.66. The van der Waals surface area contributed by atoms with E-state index in [1.54, 1.807) is 0 Å². The summed E-state index contributed by atoms with van der Waals surface area (Å²) in [7, 11) is -6.41. The lowest BCUT2D eigenvalue weighted by molar-refractivity contribution is -0.262. The molecule has 0 aromatic carbocycles. The van der Waals surface area contributed by atoms with Gasteiger partial charge in [-0.1, -0.05) is 6.92 Å². The quantitative estimate of drug-likeness (QED) is 0.476. The molecule has 120 valence electrons. The van der Waals surface area contributed by atoms with Crippen LogP contribution in [0.15, 0.2) is 0 Å². The zero-order chi connectivity index (χ0) is 16.6. The Morgan fingerprint density at radius 3 is 1.85 bits per heavy atom. The summed E-state index contributed by atoms with van der Waals surface area (Å²) >= 11 is 0. The normalized spacial score (nSPS) is 15.8. The van der Waals surface area contributed by atoms with E-state index in [2.05, 4.69) is 4.74 Å². The zero-order valence-corrected chi connectivity index (χ0v) is 11.5. The van der Waals surface area contributed by atoms with Crippen molar-refractivity contribution >= 4 is 16.1 Å². The molecule has 11 heteroatoms. The predicted octanol–water partition coefficient (Wildman–Crippen LogP) is 2.38. The minimum atomic E-state index is -6.41. The summed E-state index contributed by atoms with van der Waals surface area (Å²) in [6.07, 6.45) is -10.2. The first-order valence-corrected chi connectivity index (χ1v) is 6.64. The van der Waals surface area contributed by atoms with Crippen molar-refractivity contribution in [2.75, 3.05) is 0 Å². The Morgan fingerprint density at radius 1 is 1.20 bits per heavy atom. The van der Waals surface area contributed by atoms with Crippen LogP contribution in [0.4, 0.5) is 22.0 Å². The highest BCUT2D eigenvalue weighted by molar-refractivity contribution is 7.86. The Balaban J connectivity index is 5.62. The van der Waals surface area contributed by atoms with Crippen molar-refractivity contribution < 1.29 is 44.5 Å². The summed E-state index contributed by atoms with van der Waals surface area (Å²) in [6, 6.07) is 0. The molecule has 0 aliphatic heterocycles. The summed E-state index contributed by atoms with van der Waals surface area (Å²) in [5, 5.41) is -5.70. The van der Waals surface area contributed by atoms with Crippen LogP contribution in [0, 0.1) is 5.41 Å². The Morgan fingerprint density at radius 2 is 1.60 bits per heavy atom. The Labute approximate surface area is 111 Å². The molecule has 0 spiro atoms. The topological polar surface area (TPSA) is 80.7 Å². The van der Waals surface area contributed by atoms with Crippen LogP contribution in [0.2, 0.25) is 0 Å². The number of ether oxygens (including phenoxy) is 1. The van der Waals surface area contributed by atoms with E-state index in [9.17, 15) is 35.2 Å². The highest BCUT2D eigenvalue weighted by Gasteiger charge is 2.66. The fraction of sp³-hybridized carbons (Fsp3) is 0.889. The van der Waals surface area contributed by atoms with E-state index in [1.807, 2.05) is 0 Å². The summed E-state index contributed by atoms with van der Waals surface area (Å²) in [5.41, 5.74) is -1.53. The van der Waals surface area contributed by atoms with Crippen molar-refractivity contribution in [3.05, 3.63) is 0 Å². The van der Waals surface area contributed by atoms with E-state index in [1.165, 1.54) is 6.92 Å². The third kappa shape index (κ3) is 4.01. The third-order valence-electron chi connectivity index (χ3n) is 2.61. The van der Waals surface area contributed by atoms with Gasteiger partial charge in [-0.05, 0) is 20.3 Å². The fourth-order valence-corrected chi connectivity index (χ4v) is 1.32. The first-order valence-electron chi connectivity index (χ1n) is 5.20. The minimum Gasteiger partial charge on any atom is -0.444 e. The first kappa shape index (κ1) is 19.0. The molecular formula is C9H13F5O5S. The monoisotopic (exact) mass is 328 g/mol. The molecule has 1 unspecified atom stereocenters. The molecule has 0 saturated heterocycles. The molecular weight excluding hydrogens is 315 g/mol. The maximum Gasteiger partial charge on any atom is 0.432 e. The molecule has 0 fully saturated rings. The van der Waals surface area contributed by atoms with Crippen LogP contribution in [0.1, 0.15) is 27.2 Å². The Hall–Kier alpha value is -0.970. The van der Waals surface area contributed by atoms with Crippen LogP contribution in [0.25, 0.3) is 0 Å². The SMILES string of the molecule is CCC(C)(C)C(=O)OC(C(F)(F)F)C(F)(F)S(=O)(=O)O. The van der Waals surface area contributed by atoms with E-state index < -0.39 is 39.0 Å². The lowest BCUT2D eigenvalue weighted by Crippen LogP contribution is -2.53. The molecule has 0 aliphatic carbocycles. The second-order valence-electron chi connectivity index (χ2n) is 4.60. The second kappa shape index (κ2) is 5.43. The summed E-state index contributed by atoms with van der Waals surface area (Å²) in [4.78, 5) is 11.4. The fourth-order valence-electron chi connectivity index (χ4n) is 0.872. The van der Waals surface area contributed by atoms with Crippen molar-refractivity contribution in [1.82, 2.24) is 0 Å². The van der Waals surface area contributed by atoms with E-state index >= 15 is 0 Å². The van der Waals surface area contributed by atoms with E-state index in [4.69, 9.17) is 4.55 Å². The number of alkyl halides is 5. The predicted molar refractivity (Wildman–Crippen MR) is 56.5 cm³/mol. The Bertz CT molecular complexity index is 468. The maximum atomic E-state index is 13.1. The molecule has 1 N–H and O–H groups in total. The smallest absolute Gasteiger partial charge is 0.432 e. The van der Waals surface area contributed by atoms with Crippen LogP contribution in [0.3, 0.4) is 0 Å². The molecule has 0 rings (SSSR count). The van der Waals surface area contributed by atoms with E-state index in [-0.39, 0.29) is 6.42 Å². The van der Waals surface area contributed by atoms with E-state index in [0.717, 1.165) is 13.8 Å². The van der Waals surface area contributed by atoms with Crippen molar-refractivity contribution in [2.45, 2.75) is 44.7 Å². The molecule has 0 aromatic heterocycles. The number of carbonyl (C=O) groups excluding carboxylic acids is 1. The maximum absolute atomic E-state index is 13.1. The van der Waals surface area contributed by atoms with Gasteiger partial charge in [0.1, 0.15) is 0 Å². The van der Waals surface area contributed by atoms with Crippen LogP contribution in [-0.2, 0) is 19.6 Å². The largest absolute Gasteiger partial charge is 0.444 e. The van der Waals surface area contributed by atoms with Gasteiger partial charge in [-0.3, -0.25) is 9.35 Å². The molecule has 0 amide bonds. The first-order chi connectivity index (χ1) is 8.57. The van der Waals surface area contributed by atoms with Crippen molar-refractivity contribution in [1.29, 1.82) is 0 Å². The van der Waals surface area contributed by atoms with Gasteiger partial charge in [0, 0.05) is 0 Å². The average Bonchev–Trinajstić information content (AvgIpc) is 2.21. The van der Waals surface area contributed by atoms with Crippen molar-refractivity contribution in [3.8, 4) is 0 Å². The summed E-state index contributed by atoms with van der Waals surface area (Å²) in [6.45, 7) is 3.66. The van der Waals surface area contributed by atoms with Gasteiger partial charge in [0.25, 0.3) is 6.10 Å². The zero-order valence-electron chi connectivity index (χ0n) is 10.7. The van der Waals surface area contributed by atoms with Gasteiger partial charge in [0.15, 0.2) is 0 Å². The molecule has 0 aliphatic rings. The molecule has 5 nitrogen and oxygen atoms in total. The van der Waals surface area contributed by atoms with Crippen LogP contribution in [0.5, 0.6) is 0 Å². The van der Waals surface area contributed by atoms with Gasteiger partial charge in [-0.2, -0.15) is 30.4 Å². The van der Waals surface area contributed by atoms with Gasteiger partial charge in [-0.25, -0.2) is 0 Å². The lowest BCUT2D eigenvalue weighted by Gasteiger charge is -2.29. The number of halogens is 5. The van der Waals surface area contributed by atoms with Crippen LogP contribution in [-0.4, -0.2) is 36.5 Å². The van der Waals surface area contributed by atoms with Gasteiger partial charge in [-0.15, -0.1) is 0 Å². The molecule has 0 heterocycles. The number of hydrogen-bond acceptors (Lipinski definition) is 4. The molecule has 0 radical (unpaired) electrons. The molecule has 0 aromatic rings. The van der Waals surface area contributed by atoms with Gasteiger partial charge in [0.2, 0.25) is 0 Å². The van der Waals surface area contributed by atoms with Crippen molar-refractivity contribution in [2.24, 2.45) is 5.41 Å². The van der Waals surface area contributed by atoms with Gasteiger partial charge >= 0.3 is 27.5 Å². The summed E-state index contributed by atoms with van der Waals surface area (Å²) < 4.78 is 96.1. The van der Waals surface area contributed by atoms with Crippen molar-refractivity contribution in [3.63, 3.8) is 0 Å². The van der Waals surface area contributed by atoms with E-state index in [0.29, 0.717) is 0 Å². The number of carbonyl (C=O) groups is 1. The van der Waals surface area contributed by atoms with Crippen LogP contribution >= 0.6 is 0 Å². The standard InChI is InChI=1S/C9H13F5O5S/c1-4-7(2,3)6(15)19-5(8(10,11)12)9(13,14)20(16,17)18/h5H,4H2,1-3H3,(H,16,17,18). The Kier molecular flexibility index (Phi) is 5.17. The average molecular weight is 328 g/mol. The number of esters is 1. The molecule has 0 saturated carbocycles. The minimum absolute atomic E-state index is 0.0339. The van der Waals surface area contributed by atoms with Gasteiger partial charge in [0.05, 0.1) is 5.41 Å². The number of hydrogen-bond donors (Lipinski definition) is 1. The van der Waals surface area contributed by atoms with Crippen LogP contribution < -0.4 is 0 Å². The molecule has 20 heavy (non-hydrogen) atoms.